The number of fused-ring (bicyclic) bond motifs is 1. The summed E-state index contributed by atoms with van der Waals surface area (Å²) in [7, 11) is 4.25. The van der Waals surface area contributed by atoms with Gasteiger partial charge in [0.1, 0.15) is 0 Å². The normalized spacial score (nSPS) is 13.9. The van der Waals surface area contributed by atoms with Gasteiger partial charge in [-0.05, 0) is 44.0 Å². The fourth-order valence-corrected chi connectivity index (χ4v) is 3.31. The Hall–Kier alpha value is -1.45. The molecule has 0 aliphatic rings. The lowest BCUT2D eigenvalue weighted by atomic mass is 9.79. The van der Waals surface area contributed by atoms with Crippen molar-refractivity contribution in [1.29, 1.82) is 0 Å². The van der Waals surface area contributed by atoms with Gasteiger partial charge in [-0.3, -0.25) is 4.98 Å². The maximum atomic E-state index is 6.70. The van der Waals surface area contributed by atoms with Gasteiger partial charge < -0.3 is 10.6 Å². The van der Waals surface area contributed by atoms with Gasteiger partial charge in [0.05, 0.1) is 0 Å². The average molecular weight is 271 g/mol. The van der Waals surface area contributed by atoms with E-state index in [0.29, 0.717) is 0 Å². The molecule has 2 aromatic rings. The molecule has 2 rings (SSSR count). The molecule has 0 radical (unpaired) electrons. The van der Waals surface area contributed by atoms with Gasteiger partial charge in [0, 0.05) is 29.4 Å². The fourth-order valence-electron chi connectivity index (χ4n) is 3.31. The summed E-state index contributed by atoms with van der Waals surface area (Å²) >= 11 is 0. The van der Waals surface area contributed by atoms with Crippen LogP contribution in [0.25, 0.3) is 10.8 Å². The number of benzene rings is 1. The van der Waals surface area contributed by atoms with Gasteiger partial charge in [-0.1, -0.05) is 32.0 Å². The number of nitrogens with two attached hydrogens (primary N) is 1. The zero-order valence-electron chi connectivity index (χ0n) is 12.9. The van der Waals surface area contributed by atoms with Crippen molar-refractivity contribution >= 4 is 10.8 Å². The Morgan fingerprint density at radius 1 is 1.20 bits per heavy atom. The molecule has 0 saturated carbocycles. The third-order valence-electron chi connectivity index (χ3n) is 4.74. The molecule has 1 unspecified atom stereocenters. The van der Waals surface area contributed by atoms with E-state index >= 15 is 0 Å². The Morgan fingerprint density at radius 3 is 2.50 bits per heavy atom. The number of hydrogen-bond donors (Lipinski definition) is 1. The van der Waals surface area contributed by atoms with Crippen molar-refractivity contribution in [2.45, 2.75) is 38.3 Å². The van der Waals surface area contributed by atoms with Gasteiger partial charge in [-0.15, -0.1) is 0 Å². The summed E-state index contributed by atoms with van der Waals surface area (Å²) in [5.74, 6) is 0. The van der Waals surface area contributed by atoms with Crippen LogP contribution >= 0.6 is 0 Å². The number of likely N-dealkylation sites (N-methyl/N-ethyl adjacent to an activating group) is 1. The van der Waals surface area contributed by atoms with Crippen LogP contribution in [0.15, 0.2) is 36.7 Å². The minimum absolute atomic E-state index is 0.0152. The van der Waals surface area contributed by atoms with Crippen molar-refractivity contribution in [2.24, 2.45) is 5.73 Å². The third kappa shape index (κ3) is 2.32. The average Bonchev–Trinajstić information content (AvgIpc) is 2.48. The lowest BCUT2D eigenvalue weighted by Crippen LogP contribution is -2.51. The molecule has 3 nitrogen and oxygen atoms in total. The van der Waals surface area contributed by atoms with E-state index in [4.69, 9.17) is 5.73 Å². The van der Waals surface area contributed by atoms with Gasteiger partial charge in [0.15, 0.2) is 0 Å². The van der Waals surface area contributed by atoms with E-state index in [9.17, 15) is 0 Å². The zero-order chi connectivity index (χ0) is 14.8. The first kappa shape index (κ1) is 14.9. The molecule has 0 saturated heterocycles. The molecule has 20 heavy (non-hydrogen) atoms. The Labute approximate surface area is 121 Å². The third-order valence-corrected chi connectivity index (χ3v) is 4.74. The predicted octanol–water partition coefficient (Wildman–Crippen LogP) is 3.36. The van der Waals surface area contributed by atoms with E-state index in [0.717, 1.165) is 18.2 Å². The van der Waals surface area contributed by atoms with Crippen molar-refractivity contribution in [3.8, 4) is 0 Å². The summed E-state index contributed by atoms with van der Waals surface area (Å²) in [5.41, 5.74) is 7.89. The summed E-state index contributed by atoms with van der Waals surface area (Å²) in [6, 6.07) is 8.37. The highest BCUT2D eigenvalue weighted by atomic mass is 15.2. The first-order valence-electron chi connectivity index (χ1n) is 7.32. The van der Waals surface area contributed by atoms with Crippen LogP contribution in [0.1, 0.15) is 38.3 Å². The molecule has 1 aromatic carbocycles. The Kier molecular flexibility index (Phi) is 4.41. The van der Waals surface area contributed by atoms with Crippen molar-refractivity contribution < 1.29 is 0 Å². The quantitative estimate of drug-likeness (QED) is 0.906. The molecule has 1 heterocycles. The maximum Gasteiger partial charge on any atom is 0.0487 e. The van der Waals surface area contributed by atoms with Crippen LogP contribution in [0.5, 0.6) is 0 Å². The van der Waals surface area contributed by atoms with Gasteiger partial charge >= 0.3 is 0 Å². The van der Waals surface area contributed by atoms with E-state index in [2.05, 4.69) is 62.1 Å². The van der Waals surface area contributed by atoms with Gasteiger partial charge in [0.2, 0.25) is 0 Å². The van der Waals surface area contributed by atoms with Crippen molar-refractivity contribution in [3.63, 3.8) is 0 Å². The molecule has 0 fully saturated rings. The Balaban J connectivity index is 2.57. The van der Waals surface area contributed by atoms with Gasteiger partial charge in [-0.2, -0.15) is 0 Å². The van der Waals surface area contributed by atoms with E-state index < -0.39 is 0 Å². The molecule has 108 valence electrons. The predicted molar refractivity (Wildman–Crippen MR) is 85.7 cm³/mol. The van der Waals surface area contributed by atoms with Crippen LogP contribution in [0, 0.1) is 0 Å². The molecular formula is C17H25N3. The highest BCUT2D eigenvalue weighted by Gasteiger charge is 2.36. The second-order valence-electron chi connectivity index (χ2n) is 5.63. The van der Waals surface area contributed by atoms with Crippen LogP contribution in [0.2, 0.25) is 0 Å². The lowest BCUT2D eigenvalue weighted by Gasteiger charge is -2.44. The number of aromatic nitrogens is 1. The summed E-state index contributed by atoms with van der Waals surface area (Å²) in [4.78, 5) is 6.48. The number of hydrogen-bond acceptors (Lipinski definition) is 3. The van der Waals surface area contributed by atoms with Gasteiger partial charge in [-0.25, -0.2) is 0 Å². The Bertz CT molecular complexity index is 568. The molecule has 0 bridgehead atoms. The summed E-state index contributed by atoms with van der Waals surface area (Å²) in [6.07, 6.45) is 5.80. The highest BCUT2D eigenvalue weighted by molar-refractivity contribution is 5.85. The van der Waals surface area contributed by atoms with E-state index in [1.54, 1.807) is 0 Å². The highest BCUT2D eigenvalue weighted by Crippen LogP contribution is 2.36. The van der Waals surface area contributed by atoms with E-state index in [1.165, 1.54) is 10.9 Å². The second-order valence-corrected chi connectivity index (χ2v) is 5.63. The first-order chi connectivity index (χ1) is 9.56. The van der Waals surface area contributed by atoms with Crippen LogP contribution in [0.3, 0.4) is 0 Å². The van der Waals surface area contributed by atoms with Crippen LogP contribution < -0.4 is 5.73 Å². The summed E-state index contributed by atoms with van der Waals surface area (Å²) in [5, 5.41) is 2.36. The molecule has 0 aliphatic heterocycles. The monoisotopic (exact) mass is 271 g/mol. The standard InChI is InChI=1S/C17H25N3/c1-5-17(6-2,20(3)4)16(18)15-9-7-8-13-12-19-11-10-14(13)15/h7-12,16H,5-6,18H2,1-4H3. The molecule has 1 atom stereocenters. The molecule has 0 spiro atoms. The van der Waals surface area contributed by atoms with Crippen molar-refractivity contribution in [1.82, 2.24) is 9.88 Å². The molecule has 1 aromatic heterocycles. The zero-order valence-corrected chi connectivity index (χ0v) is 12.9. The number of rotatable bonds is 5. The fraction of sp³-hybridized carbons (Fsp3) is 0.471. The first-order valence-corrected chi connectivity index (χ1v) is 7.32. The molecule has 0 amide bonds. The molecule has 0 aliphatic carbocycles. The molecular weight excluding hydrogens is 246 g/mol. The van der Waals surface area contributed by atoms with Crippen LogP contribution in [0.4, 0.5) is 0 Å². The maximum absolute atomic E-state index is 6.70. The van der Waals surface area contributed by atoms with E-state index in [1.807, 2.05) is 12.4 Å². The van der Waals surface area contributed by atoms with Crippen LogP contribution in [-0.2, 0) is 0 Å². The molecule has 3 heteroatoms. The second kappa shape index (κ2) is 5.90. The SMILES string of the molecule is CCC(CC)(C(N)c1cccc2cnccc12)N(C)C. The number of nitrogens with zero attached hydrogens (tertiary/aromatic N) is 2. The minimum Gasteiger partial charge on any atom is -0.322 e. The van der Waals surface area contributed by atoms with Crippen molar-refractivity contribution in [3.05, 3.63) is 42.2 Å². The minimum atomic E-state index is -0.0163. The van der Waals surface area contributed by atoms with Crippen molar-refractivity contribution in [2.75, 3.05) is 14.1 Å². The van der Waals surface area contributed by atoms with E-state index in [-0.39, 0.29) is 11.6 Å². The van der Waals surface area contributed by atoms with Gasteiger partial charge in [0.25, 0.3) is 0 Å². The lowest BCUT2D eigenvalue weighted by molar-refractivity contribution is 0.106. The smallest absolute Gasteiger partial charge is 0.0487 e. The summed E-state index contributed by atoms with van der Waals surface area (Å²) < 4.78 is 0. The Morgan fingerprint density at radius 2 is 1.90 bits per heavy atom. The molecule has 2 N–H and O–H groups in total. The topological polar surface area (TPSA) is 42.1 Å². The largest absolute Gasteiger partial charge is 0.322 e. The van der Waals surface area contributed by atoms with Crippen LogP contribution in [-0.4, -0.2) is 29.5 Å². The summed E-state index contributed by atoms with van der Waals surface area (Å²) in [6.45, 7) is 4.44. The number of pyridine rings is 1.